The molecule has 3 N–H and O–H groups in total. The fourth-order valence-electron chi connectivity index (χ4n) is 2.89. The number of carboxylic acids is 1. The number of likely N-dealkylation sites (tertiary alicyclic amines) is 1. The maximum absolute atomic E-state index is 12.5. The van der Waals surface area contributed by atoms with Gasteiger partial charge in [-0.3, -0.25) is 14.9 Å². The van der Waals surface area contributed by atoms with E-state index >= 15 is 0 Å². The highest BCUT2D eigenvalue weighted by molar-refractivity contribution is 5.84. The van der Waals surface area contributed by atoms with Crippen molar-refractivity contribution in [2.24, 2.45) is 5.41 Å². The van der Waals surface area contributed by atoms with Crippen LogP contribution in [0.4, 0.5) is 0 Å². The number of imidazole rings is 1. The fraction of sp³-hybridized carbons (Fsp3) is 0.615. The van der Waals surface area contributed by atoms with Crippen molar-refractivity contribution in [1.29, 1.82) is 0 Å². The number of carbonyl (C=O) groups excluding carboxylic acids is 1. The summed E-state index contributed by atoms with van der Waals surface area (Å²) >= 11 is 0. The maximum atomic E-state index is 12.5. The first-order valence-electron chi connectivity index (χ1n) is 6.76. The summed E-state index contributed by atoms with van der Waals surface area (Å²) in [6, 6.07) is -0.304. The number of aliphatic carboxylic acids is 1. The molecule has 2 unspecified atom stereocenters. The van der Waals surface area contributed by atoms with Crippen molar-refractivity contribution in [2.75, 3.05) is 13.1 Å². The number of nitrogens with one attached hydrogen (secondary N) is 2. The molecule has 3 heterocycles. The highest BCUT2D eigenvalue weighted by Crippen LogP contribution is 2.30. The number of aromatic nitrogens is 2. The molecular weight excluding hydrogens is 260 g/mol. The second-order valence-electron chi connectivity index (χ2n) is 5.84. The summed E-state index contributed by atoms with van der Waals surface area (Å²) < 4.78 is 0. The van der Waals surface area contributed by atoms with Gasteiger partial charge in [0.15, 0.2) is 0 Å². The van der Waals surface area contributed by atoms with Crippen LogP contribution in [0.3, 0.4) is 0 Å². The van der Waals surface area contributed by atoms with Gasteiger partial charge in [-0.05, 0) is 13.3 Å². The number of amides is 1. The van der Waals surface area contributed by atoms with Crippen LogP contribution in [0.5, 0.6) is 0 Å². The third-order valence-corrected chi connectivity index (χ3v) is 4.33. The van der Waals surface area contributed by atoms with E-state index in [1.165, 1.54) is 0 Å². The number of carbonyl (C=O) groups is 2. The molecule has 2 atom stereocenters. The van der Waals surface area contributed by atoms with Crippen molar-refractivity contribution in [1.82, 2.24) is 20.2 Å². The van der Waals surface area contributed by atoms with Crippen LogP contribution in [0.2, 0.25) is 0 Å². The Morgan fingerprint density at radius 2 is 2.35 bits per heavy atom. The monoisotopic (exact) mass is 278 g/mol. The van der Waals surface area contributed by atoms with Crippen molar-refractivity contribution in [3.8, 4) is 0 Å². The predicted octanol–water partition coefficient (Wildman–Crippen LogP) is -0.253. The Bertz CT molecular complexity index is 556. The Morgan fingerprint density at radius 1 is 1.55 bits per heavy atom. The van der Waals surface area contributed by atoms with Gasteiger partial charge in [0.25, 0.3) is 0 Å². The SMILES string of the molecule is CC1(C(=O)O)CCN(C(=O)C2Cc3nc[nH]c3CN2)C1. The molecule has 0 saturated carbocycles. The minimum Gasteiger partial charge on any atom is -0.481 e. The standard InChI is InChI=1S/C13H18N4O3/c1-13(12(19)20)2-3-17(6-13)11(18)9-4-8-10(5-14-9)16-7-15-8/h7,9,14H,2-6H2,1H3,(H,15,16)(H,19,20). The van der Waals surface area contributed by atoms with Crippen molar-refractivity contribution in [3.63, 3.8) is 0 Å². The summed E-state index contributed by atoms with van der Waals surface area (Å²) in [4.78, 5) is 32.6. The second-order valence-corrected chi connectivity index (χ2v) is 5.84. The molecule has 108 valence electrons. The molecule has 1 saturated heterocycles. The van der Waals surface area contributed by atoms with Crippen molar-refractivity contribution < 1.29 is 14.7 Å². The van der Waals surface area contributed by atoms with E-state index in [0.717, 1.165) is 11.4 Å². The molecule has 2 aliphatic heterocycles. The van der Waals surface area contributed by atoms with Crippen molar-refractivity contribution in [2.45, 2.75) is 32.4 Å². The van der Waals surface area contributed by atoms with Crippen LogP contribution >= 0.6 is 0 Å². The number of nitrogens with zero attached hydrogens (tertiary/aromatic N) is 2. The quantitative estimate of drug-likeness (QED) is 0.693. The van der Waals surface area contributed by atoms with Gasteiger partial charge in [0.05, 0.1) is 29.2 Å². The molecule has 1 aromatic heterocycles. The zero-order chi connectivity index (χ0) is 14.3. The van der Waals surface area contributed by atoms with Crippen LogP contribution in [-0.2, 0) is 22.6 Å². The van der Waals surface area contributed by atoms with E-state index in [1.807, 2.05) is 0 Å². The molecule has 20 heavy (non-hydrogen) atoms. The molecule has 0 aliphatic carbocycles. The van der Waals surface area contributed by atoms with E-state index in [0.29, 0.717) is 25.9 Å². The molecule has 1 aromatic rings. The largest absolute Gasteiger partial charge is 0.481 e. The average molecular weight is 278 g/mol. The minimum absolute atomic E-state index is 0.0244. The highest BCUT2D eigenvalue weighted by Gasteiger charge is 2.43. The first kappa shape index (κ1) is 13.1. The Kier molecular flexibility index (Phi) is 3.01. The van der Waals surface area contributed by atoms with Gasteiger partial charge in [0.2, 0.25) is 5.91 Å². The lowest BCUT2D eigenvalue weighted by Gasteiger charge is -2.27. The molecule has 0 aromatic carbocycles. The Labute approximate surface area is 116 Å². The summed E-state index contributed by atoms with van der Waals surface area (Å²) in [5, 5.41) is 12.4. The predicted molar refractivity (Wildman–Crippen MR) is 69.9 cm³/mol. The molecule has 0 bridgehead atoms. The summed E-state index contributed by atoms with van der Waals surface area (Å²) in [5.74, 6) is -0.859. The second kappa shape index (κ2) is 4.59. The van der Waals surface area contributed by atoms with E-state index < -0.39 is 11.4 Å². The molecule has 7 nitrogen and oxygen atoms in total. The van der Waals surface area contributed by atoms with E-state index in [4.69, 9.17) is 0 Å². The van der Waals surface area contributed by atoms with Crippen molar-refractivity contribution in [3.05, 3.63) is 17.7 Å². The maximum Gasteiger partial charge on any atom is 0.311 e. The highest BCUT2D eigenvalue weighted by atomic mass is 16.4. The molecule has 2 aliphatic rings. The summed E-state index contributed by atoms with van der Waals surface area (Å²) in [6.45, 7) is 3.08. The van der Waals surface area contributed by atoms with Gasteiger partial charge >= 0.3 is 5.97 Å². The third-order valence-electron chi connectivity index (χ3n) is 4.33. The summed E-state index contributed by atoms with van der Waals surface area (Å²) in [7, 11) is 0. The van der Waals surface area contributed by atoms with Crippen LogP contribution in [-0.4, -0.2) is 51.0 Å². The first-order valence-corrected chi connectivity index (χ1v) is 6.76. The lowest BCUT2D eigenvalue weighted by atomic mass is 9.90. The van der Waals surface area contributed by atoms with Gasteiger partial charge in [-0.2, -0.15) is 0 Å². The molecule has 7 heteroatoms. The number of H-pyrrole nitrogens is 1. The van der Waals surface area contributed by atoms with Crippen LogP contribution in [0, 0.1) is 5.41 Å². The van der Waals surface area contributed by atoms with Gasteiger partial charge in [-0.25, -0.2) is 4.98 Å². The number of rotatable bonds is 2. The smallest absolute Gasteiger partial charge is 0.311 e. The van der Waals surface area contributed by atoms with E-state index in [9.17, 15) is 14.7 Å². The zero-order valence-corrected chi connectivity index (χ0v) is 11.3. The van der Waals surface area contributed by atoms with E-state index in [2.05, 4.69) is 15.3 Å². The third kappa shape index (κ3) is 2.07. The number of fused-ring (bicyclic) bond motifs is 1. The molecule has 1 amide bonds. The van der Waals surface area contributed by atoms with Gasteiger partial charge in [0, 0.05) is 26.1 Å². The van der Waals surface area contributed by atoms with Crippen LogP contribution in [0.15, 0.2) is 6.33 Å². The fourth-order valence-corrected chi connectivity index (χ4v) is 2.89. The van der Waals surface area contributed by atoms with Gasteiger partial charge in [-0.15, -0.1) is 0 Å². The Hall–Kier alpha value is -1.89. The lowest BCUT2D eigenvalue weighted by molar-refractivity contribution is -0.147. The number of hydrogen-bond donors (Lipinski definition) is 3. The van der Waals surface area contributed by atoms with Crippen molar-refractivity contribution >= 4 is 11.9 Å². The Balaban J connectivity index is 1.68. The summed E-state index contributed by atoms with van der Waals surface area (Å²) in [5.41, 5.74) is 1.12. The molecule has 1 fully saturated rings. The van der Waals surface area contributed by atoms with E-state index in [-0.39, 0.29) is 18.5 Å². The average Bonchev–Trinajstić information content (AvgIpc) is 3.04. The van der Waals surface area contributed by atoms with Crippen LogP contribution < -0.4 is 5.32 Å². The number of aromatic amines is 1. The first-order chi connectivity index (χ1) is 9.49. The van der Waals surface area contributed by atoms with Gasteiger partial charge in [-0.1, -0.05) is 0 Å². The van der Waals surface area contributed by atoms with Crippen LogP contribution in [0.25, 0.3) is 0 Å². The lowest BCUT2D eigenvalue weighted by Crippen LogP contribution is -2.49. The molecule has 0 radical (unpaired) electrons. The molecule has 0 spiro atoms. The topological polar surface area (TPSA) is 98.3 Å². The van der Waals surface area contributed by atoms with Gasteiger partial charge < -0.3 is 15.0 Å². The van der Waals surface area contributed by atoms with E-state index in [1.54, 1.807) is 18.2 Å². The number of hydrogen-bond acceptors (Lipinski definition) is 4. The molecule has 3 rings (SSSR count). The zero-order valence-electron chi connectivity index (χ0n) is 11.3. The normalized spacial score (nSPS) is 29.2. The molecular formula is C13H18N4O3. The van der Waals surface area contributed by atoms with Gasteiger partial charge in [0.1, 0.15) is 0 Å². The number of carboxylic acid groups (broad SMARTS) is 1. The minimum atomic E-state index is -0.834. The van der Waals surface area contributed by atoms with Crippen LogP contribution in [0.1, 0.15) is 24.7 Å². The Morgan fingerprint density at radius 3 is 3.05 bits per heavy atom. The summed E-state index contributed by atoms with van der Waals surface area (Å²) in [6.07, 6.45) is 2.70.